The number of urea groups is 1. The maximum Gasteiger partial charge on any atom is 0.319 e. The van der Waals surface area contributed by atoms with E-state index in [1.54, 1.807) is 18.2 Å². The first kappa shape index (κ1) is 17.6. The van der Waals surface area contributed by atoms with Gasteiger partial charge in [-0.2, -0.15) is 0 Å². The van der Waals surface area contributed by atoms with Crippen molar-refractivity contribution in [3.8, 4) is 0 Å². The second-order valence-electron chi connectivity index (χ2n) is 5.02. The Balaban J connectivity index is 1.86. The number of anilines is 2. The highest BCUT2D eigenvalue weighted by Gasteiger charge is 2.06. The second kappa shape index (κ2) is 8.74. The normalized spacial score (nSPS) is 10.4. The Morgan fingerprint density at radius 1 is 1.08 bits per heavy atom. The van der Waals surface area contributed by atoms with Gasteiger partial charge in [-0.05, 0) is 23.8 Å². The summed E-state index contributed by atoms with van der Waals surface area (Å²) in [4.78, 5) is 23.0. The number of hydrogen-bond donors (Lipinski definition) is 3. The molecule has 0 aromatic heterocycles. The highest BCUT2D eigenvalue weighted by molar-refractivity contribution is 6.33. The Morgan fingerprint density at radius 2 is 1.83 bits per heavy atom. The smallest absolute Gasteiger partial charge is 0.319 e. The molecule has 0 aliphatic heterocycles. The SMILES string of the molecule is CC(=O)Nc1cc(NC(=O)NCC=Cc2ccccc2)ccc1Cl. The van der Waals surface area contributed by atoms with Gasteiger partial charge in [0.1, 0.15) is 0 Å². The van der Waals surface area contributed by atoms with Crippen LogP contribution in [0.4, 0.5) is 16.2 Å². The minimum Gasteiger partial charge on any atom is -0.334 e. The van der Waals surface area contributed by atoms with Crippen LogP contribution < -0.4 is 16.0 Å². The quantitative estimate of drug-likeness (QED) is 0.763. The molecule has 6 heteroatoms. The van der Waals surface area contributed by atoms with Crippen LogP contribution in [0.1, 0.15) is 12.5 Å². The third kappa shape index (κ3) is 5.78. The summed E-state index contributed by atoms with van der Waals surface area (Å²) in [5.41, 5.74) is 2.05. The third-order valence-corrected chi connectivity index (χ3v) is 3.35. The molecule has 5 nitrogen and oxygen atoms in total. The van der Waals surface area contributed by atoms with Crippen molar-refractivity contribution in [2.24, 2.45) is 0 Å². The summed E-state index contributed by atoms with van der Waals surface area (Å²) in [6.45, 7) is 1.79. The molecule has 0 saturated heterocycles. The molecule has 124 valence electrons. The molecule has 2 aromatic carbocycles. The molecule has 3 N–H and O–H groups in total. The van der Waals surface area contributed by atoms with Crippen molar-refractivity contribution in [3.63, 3.8) is 0 Å². The van der Waals surface area contributed by atoms with E-state index in [-0.39, 0.29) is 11.9 Å². The van der Waals surface area contributed by atoms with Crippen LogP contribution in [0.25, 0.3) is 6.08 Å². The largest absolute Gasteiger partial charge is 0.334 e. The van der Waals surface area contributed by atoms with Crippen molar-refractivity contribution in [2.75, 3.05) is 17.2 Å². The third-order valence-electron chi connectivity index (χ3n) is 3.03. The van der Waals surface area contributed by atoms with Gasteiger partial charge in [0.25, 0.3) is 0 Å². The number of carbonyl (C=O) groups excluding carboxylic acids is 2. The van der Waals surface area contributed by atoms with E-state index in [2.05, 4.69) is 16.0 Å². The van der Waals surface area contributed by atoms with E-state index in [0.717, 1.165) is 5.56 Å². The summed E-state index contributed by atoms with van der Waals surface area (Å²) in [7, 11) is 0. The van der Waals surface area contributed by atoms with Crippen molar-refractivity contribution in [1.82, 2.24) is 5.32 Å². The fraction of sp³-hybridized carbons (Fsp3) is 0.111. The molecule has 0 aliphatic rings. The molecule has 2 rings (SSSR count). The molecule has 0 unspecified atom stereocenters. The Kier molecular flexibility index (Phi) is 6.40. The Morgan fingerprint density at radius 3 is 2.54 bits per heavy atom. The van der Waals surface area contributed by atoms with Gasteiger partial charge in [0.2, 0.25) is 5.91 Å². The molecule has 0 saturated carbocycles. The average Bonchev–Trinajstić information content (AvgIpc) is 2.55. The molecular weight excluding hydrogens is 326 g/mol. The summed E-state index contributed by atoms with van der Waals surface area (Å²) >= 11 is 5.99. The predicted molar refractivity (Wildman–Crippen MR) is 98.3 cm³/mol. The van der Waals surface area contributed by atoms with E-state index in [0.29, 0.717) is 22.9 Å². The van der Waals surface area contributed by atoms with Crippen LogP contribution in [0.2, 0.25) is 5.02 Å². The number of amides is 3. The lowest BCUT2D eigenvalue weighted by Crippen LogP contribution is -2.28. The van der Waals surface area contributed by atoms with E-state index in [9.17, 15) is 9.59 Å². The molecule has 0 fully saturated rings. The predicted octanol–water partition coefficient (Wildman–Crippen LogP) is 4.13. The molecule has 0 atom stereocenters. The van der Waals surface area contributed by atoms with Gasteiger partial charge in [0, 0.05) is 19.2 Å². The standard InChI is InChI=1S/C18H18ClN3O2/c1-13(23)21-17-12-15(9-10-16(17)19)22-18(24)20-11-5-8-14-6-3-2-4-7-14/h2-10,12H,11H2,1H3,(H,21,23)(H2,20,22,24). The lowest BCUT2D eigenvalue weighted by molar-refractivity contribution is -0.114. The van der Waals surface area contributed by atoms with Gasteiger partial charge in [-0.1, -0.05) is 54.1 Å². The summed E-state index contributed by atoms with van der Waals surface area (Å²) in [5.74, 6) is -0.232. The van der Waals surface area contributed by atoms with E-state index in [1.165, 1.54) is 6.92 Å². The van der Waals surface area contributed by atoms with Crippen molar-refractivity contribution in [2.45, 2.75) is 6.92 Å². The summed E-state index contributed by atoms with van der Waals surface area (Å²) in [5, 5.41) is 8.41. The van der Waals surface area contributed by atoms with Crippen molar-refractivity contribution >= 4 is 41.0 Å². The zero-order valence-corrected chi connectivity index (χ0v) is 13.9. The molecule has 3 amide bonds. The van der Waals surface area contributed by atoms with Gasteiger partial charge in [0.05, 0.1) is 10.7 Å². The van der Waals surface area contributed by atoms with Gasteiger partial charge in [-0.25, -0.2) is 4.79 Å². The van der Waals surface area contributed by atoms with Crippen molar-refractivity contribution in [3.05, 3.63) is 65.2 Å². The topological polar surface area (TPSA) is 70.2 Å². The lowest BCUT2D eigenvalue weighted by atomic mass is 10.2. The molecular formula is C18H18ClN3O2. The zero-order valence-electron chi connectivity index (χ0n) is 13.2. The first-order chi connectivity index (χ1) is 11.5. The summed E-state index contributed by atoms with van der Waals surface area (Å²) in [6, 6.07) is 14.3. The van der Waals surface area contributed by atoms with Gasteiger partial charge >= 0.3 is 6.03 Å². The second-order valence-corrected chi connectivity index (χ2v) is 5.43. The van der Waals surface area contributed by atoms with Crippen LogP contribution in [0.3, 0.4) is 0 Å². The van der Waals surface area contributed by atoms with E-state index < -0.39 is 0 Å². The highest BCUT2D eigenvalue weighted by Crippen LogP contribution is 2.25. The number of carbonyl (C=O) groups is 2. The molecule has 24 heavy (non-hydrogen) atoms. The van der Waals surface area contributed by atoms with Crippen molar-refractivity contribution in [1.29, 1.82) is 0 Å². The minimum atomic E-state index is -0.344. The van der Waals surface area contributed by atoms with Gasteiger partial charge in [-0.3, -0.25) is 4.79 Å². The Bertz CT molecular complexity index is 745. The molecule has 0 heterocycles. The maximum absolute atomic E-state index is 11.9. The number of halogens is 1. The fourth-order valence-corrected chi connectivity index (χ4v) is 2.14. The number of rotatable bonds is 5. The molecule has 0 spiro atoms. The first-order valence-corrected chi connectivity index (χ1v) is 7.76. The molecule has 0 radical (unpaired) electrons. The molecule has 0 aliphatic carbocycles. The Labute approximate surface area is 145 Å². The van der Waals surface area contributed by atoms with Crippen LogP contribution in [-0.4, -0.2) is 18.5 Å². The lowest BCUT2D eigenvalue weighted by Gasteiger charge is -2.10. The highest BCUT2D eigenvalue weighted by atomic mass is 35.5. The zero-order chi connectivity index (χ0) is 17.4. The fourth-order valence-electron chi connectivity index (χ4n) is 1.97. The average molecular weight is 344 g/mol. The van der Waals surface area contributed by atoms with Crippen LogP contribution in [0.5, 0.6) is 0 Å². The van der Waals surface area contributed by atoms with Crippen LogP contribution >= 0.6 is 11.6 Å². The molecule has 0 bridgehead atoms. The van der Waals surface area contributed by atoms with E-state index >= 15 is 0 Å². The monoisotopic (exact) mass is 343 g/mol. The number of nitrogens with one attached hydrogen (secondary N) is 3. The van der Waals surface area contributed by atoms with Gasteiger partial charge in [-0.15, -0.1) is 0 Å². The molecule has 2 aromatic rings. The van der Waals surface area contributed by atoms with E-state index in [1.807, 2.05) is 42.5 Å². The Hall–Kier alpha value is -2.79. The first-order valence-electron chi connectivity index (χ1n) is 7.38. The number of benzene rings is 2. The maximum atomic E-state index is 11.9. The summed E-state index contributed by atoms with van der Waals surface area (Å²) in [6.07, 6.45) is 3.79. The van der Waals surface area contributed by atoms with Crippen molar-refractivity contribution < 1.29 is 9.59 Å². The van der Waals surface area contributed by atoms with Crippen LogP contribution in [0, 0.1) is 0 Å². The van der Waals surface area contributed by atoms with Gasteiger partial charge < -0.3 is 16.0 Å². The number of hydrogen-bond acceptors (Lipinski definition) is 2. The van der Waals surface area contributed by atoms with E-state index in [4.69, 9.17) is 11.6 Å². The van der Waals surface area contributed by atoms with Crippen LogP contribution in [-0.2, 0) is 4.79 Å². The summed E-state index contributed by atoms with van der Waals surface area (Å²) < 4.78 is 0. The van der Waals surface area contributed by atoms with Gasteiger partial charge in [0.15, 0.2) is 0 Å². The van der Waals surface area contributed by atoms with Crippen LogP contribution in [0.15, 0.2) is 54.6 Å². The minimum absolute atomic E-state index is 0.232.